The molecule has 0 fully saturated rings. The lowest BCUT2D eigenvalue weighted by atomic mass is 9.76. The molecule has 5 N–H and O–H groups in total. The lowest BCUT2D eigenvalue weighted by Gasteiger charge is -2.30. The van der Waals surface area contributed by atoms with E-state index in [-0.39, 0.29) is 34.3 Å². The molecule has 0 saturated carbocycles. The molecule has 0 radical (unpaired) electrons. The van der Waals surface area contributed by atoms with Crippen molar-refractivity contribution >= 4 is 53.3 Å². The van der Waals surface area contributed by atoms with Crippen LogP contribution in [0.15, 0.2) is 82.3 Å². The zero-order valence-corrected chi connectivity index (χ0v) is 36.0. The van der Waals surface area contributed by atoms with Crippen molar-refractivity contribution in [3.05, 3.63) is 83.6 Å². The Bertz CT molecular complexity index is 2290. The van der Waals surface area contributed by atoms with Gasteiger partial charge in [-0.3, -0.25) is 23.5 Å². The van der Waals surface area contributed by atoms with Gasteiger partial charge in [0.2, 0.25) is 11.6 Å². The van der Waals surface area contributed by atoms with E-state index in [4.69, 9.17) is 15.3 Å². The standard InChI is InChI=1S/C39H54N4O12S3/c1-38(20-12-26-56(45,46)55-5)31-27-29(57(47,48)49)17-19-34(31)43(23-25-54-4)35(38)13-8-6-9-14-36-39(2,21-24-53-3)32-28-30(58(50,51)52)16-18-33(32)42(36)22-11-7-10-15-37(44)41-40/h6,8-9,13-14,16-19,27-28H,7,10-12,15,20-26,40H2,1-5H3,(H2-,41,44,47,48,49,50,51,52)/p+1. The number of allylic oxidation sites excluding steroid dienone is 6. The Balaban J connectivity index is 1.78. The maximum Gasteiger partial charge on any atom is 0.294 e. The van der Waals surface area contributed by atoms with Crippen LogP contribution in [0.4, 0.5) is 11.4 Å². The first kappa shape index (κ1) is 46.9. The van der Waals surface area contributed by atoms with Gasteiger partial charge in [0.05, 0.1) is 28.1 Å². The number of rotatable bonds is 22. The summed E-state index contributed by atoms with van der Waals surface area (Å²) in [5.41, 5.74) is 4.90. The van der Waals surface area contributed by atoms with E-state index >= 15 is 0 Å². The number of carbonyl (C=O) groups is 1. The molecule has 2 aliphatic rings. The summed E-state index contributed by atoms with van der Waals surface area (Å²) in [6.45, 7) is 5.51. The van der Waals surface area contributed by atoms with Gasteiger partial charge in [-0.2, -0.15) is 29.8 Å². The molecule has 320 valence electrons. The molecule has 58 heavy (non-hydrogen) atoms. The van der Waals surface area contributed by atoms with E-state index in [1.807, 2.05) is 48.8 Å². The molecule has 2 heterocycles. The van der Waals surface area contributed by atoms with Crippen LogP contribution < -0.4 is 16.2 Å². The fourth-order valence-corrected chi connectivity index (χ4v) is 9.41. The second kappa shape index (κ2) is 19.5. The zero-order chi connectivity index (χ0) is 42.9. The lowest BCUT2D eigenvalue weighted by Crippen LogP contribution is -2.32. The average Bonchev–Trinajstić information content (AvgIpc) is 3.54. The van der Waals surface area contributed by atoms with Gasteiger partial charge in [-0.05, 0) is 87.9 Å². The van der Waals surface area contributed by atoms with E-state index < -0.39 is 41.2 Å². The molecule has 2 unspecified atom stereocenters. The zero-order valence-electron chi connectivity index (χ0n) is 33.5. The molecule has 2 aromatic carbocycles. The molecule has 0 saturated heterocycles. The van der Waals surface area contributed by atoms with Crippen molar-refractivity contribution in [2.45, 2.75) is 79.4 Å². The Morgan fingerprint density at radius 2 is 1.48 bits per heavy atom. The number of nitrogens with two attached hydrogens (primary N) is 1. The number of anilines is 1. The number of carbonyl (C=O) groups excluding carboxylic acids is 1. The first-order valence-corrected chi connectivity index (χ1v) is 23.2. The van der Waals surface area contributed by atoms with Crippen LogP contribution in [-0.2, 0) is 59.6 Å². The van der Waals surface area contributed by atoms with Gasteiger partial charge in [0.1, 0.15) is 6.61 Å². The maximum absolute atomic E-state index is 12.3. The summed E-state index contributed by atoms with van der Waals surface area (Å²) in [6.07, 6.45) is 12.6. The summed E-state index contributed by atoms with van der Waals surface area (Å²) in [4.78, 5) is 13.3. The van der Waals surface area contributed by atoms with Crippen LogP contribution in [0.25, 0.3) is 0 Å². The van der Waals surface area contributed by atoms with E-state index in [1.165, 1.54) is 24.3 Å². The smallest absolute Gasteiger partial charge is 0.294 e. The van der Waals surface area contributed by atoms with Crippen LogP contribution in [0.3, 0.4) is 0 Å². The van der Waals surface area contributed by atoms with E-state index in [2.05, 4.69) is 14.5 Å². The number of unbranched alkanes of at least 4 members (excludes halogenated alkanes) is 2. The Morgan fingerprint density at radius 3 is 2.10 bits per heavy atom. The number of hydrogen-bond acceptors (Lipinski definition) is 12. The molecule has 16 nitrogen and oxygen atoms in total. The predicted molar refractivity (Wildman–Crippen MR) is 220 cm³/mol. The number of nitrogens with one attached hydrogen (secondary N) is 1. The van der Waals surface area contributed by atoms with Gasteiger partial charge in [-0.1, -0.05) is 24.6 Å². The molecule has 4 rings (SSSR count). The fraction of sp³-hybridized carbons (Fsp3) is 0.487. The first-order valence-electron chi connectivity index (χ1n) is 18.7. The van der Waals surface area contributed by atoms with Gasteiger partial charge in [-0.25, -0.2) is 5.84 Å². The van der Waals surface area contributed by atoms with Crippen LogP contribution in [-0.4, -0.2) is 104 Å². The summed E-state index contributed by atoms with van der Waals surface area (Å²) in [5, 5.41) is 0. The summed E-state index contributed by atoms with van der Waals surface area (Å²) in [7, 11) is -8.58. The Kier molecular flexibility index (Phi) is 15.8. The van der Waals surface area contributed by atoms with Crippen molar-refractivity contribution in [2.24, 2.45) is 5.84 Å². The first-order chi connectivity index (χ1) is 27.3. The molecule has 2 atom stereocenters. The monoisotopic (exact) mass is 867 g/mol. The molecule has 0 aromatic heterocycles. The number of nitrogens with zero attached hydrogens (tertiary/aromatic N) is 2. The third-order valence-corrected chi connectivity index (χ3v) is 13.8. The number of hydrazine groups is 1. The van der Waals surface area contributed by atoms with Gasteiger partial charge < -0.3 is 14.4 Å². The molecule has 0 bridgehead atoms. The number of amides is 1. The second-order valence-corrected chi connectivity index (χ2v) is 19.3. The molecular formula is C39H55N4O12S3+. The molecule has 2 aromatic rings. The SMILES string of the molecule is COCC[N+]1=C(C=CC=CC=C2N(CCCCCC(=O)NN)c3ccc(S(=O)(=O)O)cc3C2(C)CCOC)C(C)(CCCS(=O)(=O)OC)c2cc(S(=O)(=O)O)ccc21. The summed E-state index contributed by atoms with van der Waals surface area (Å²) < 4.78 is 111. The van der Waals surface area contributed by atoms with Gasteiger partial charge >= 0.3 is 0 Å². The van der Waals surface area contributed by atoms with Crippen molar-refractivity contribution < 1.29 is 57.4 Å². The van der Waals surface area contributed by atoms with Crippen molar-refractivity contribution in [1.82, 2.24) is 5.43 Å². The van der Waals surface area contributed by atoms with E-state index in [0.717, 1.165) is 30.6 Å². The van der Waals surface area contributed by atoms with Crippen molar-refractivity contribution in [1.29, 1.82) is 0 Å². The molecule has 1 amide bonds. The minimum atomic E-state index is -4.55. The van der Waals surface area contributed by atoms with Gasteiger partial charge in [0.25, 0.3) is 30.4 Å². The highest BCUT2D eigenvalue weighted by molar-refractivity contribution is 7.86. The minimum absolute atomic E-state index is 0.190. The Labute approximate surface area is 342 Å². The van der Waals surface area contributed by atoms with E-state index in [0.29, 0.717) is 68.8 Å². The number of ether oxygens (including phenoxy) is 2. The van der Waals surface area contributed by atoms with Crippen LogP contribution >= 0.6 is 0 Å². The average molecular weight is 868 g/mol. The highest BCUT2D eigenvalue weighted by Crippen LogP contribution is 2.51. The normalized spacial score (nSPS) is 20.5. The minimum Gasteiger partial charge on any atom is -0.385 e. The van der Waals surface area contributed by atoms with Crippen LogP contribution in [0, 0.1) is 0 Å². The molecule has 0 aliphatic carbocycles. The summed E-state index contributed by atoms with van der Waals surface area (Å²) >= 11 is 0. The quantitative estimate of drug-likeness (QED) is 0.0189. The largest absolute Gasteiger partial charge is 0.385 e. The summed E-state index contributed by atoms with van der Waals surface area (Å²) in [5.74, 6) is 4.72. The van der Waals surface area contributed by atoms with E-state index in [1.54, 1.807) is 26.4 Å². The van der Waals surface area contributed by atoms with Gasteiger partial charge in [-0.15, -0.1) is 0 Å². The third-order valence-electron chi connectivity index (χ3n) is 10.8. The highest BCUT2D eigenvalue weighted by Gasteiger charge is 2.48. The number of fused-ring (bicyclic) bond motifs is 2. The Hall–Kier alpha value is -3.79. The Morgan fingerprint density at radius 1 is 0.828 bits per heavy atom. The molecule has 2 aliphatic heterocycles. The lowest BCUT2D eigenvalue weighted by molar-refractivity contribution is -0.441. The molecule has 19 heteroatoms. The van der Waals surface area contributed by atoms with Crippen LogP contribution in [0.5, 0.6) is 0 Å². The number of methoxy groups -OCH3 is 2. The highest BCUT2D eigenvalue weighted by atomic mass is 32.2. The van der Waals surface area contributed by atoms with Crippen molar-refractivity contribution in [2.75, 3.05) is 58.3 Å². The summed E-state index contributed by atoms with van der Waals surface area (Å²) in [6, 6.07) is 8.92. The van der Waals surface area contributed by atoms with Crippen LogP contribution in [0.2, 0.25) is 0 Å². The van der Waals surface area contributed by atoms with Crippen LogP contribution in [0.1, 0.15) is 69.9 Å². The van der Waals surface area contributed by atoms with Crippen molar-refractivity contribution in [3.8, 4) is 0 Å². The van der Waals surface area contributed by atoms with E-state index in [9.17, 15) is 39.2 Å². The molecular weight excluding hydrogens is 813 g/mol. The second-order valence-electron chi connectivity index (χ2n) is 14.6. The number of hydrogen-bond donors (Lipinski definition) is 4. The fourth-order valence-electron chi connectivity index (χ4n) is 7.73. The predicted octanol–water partition coefficient (Wildman–Crippen LogP) is 4.30. The third kappa shape index (κ3) is 10.9. The van der Waals surface area contributed by atoms with Gasteiger partial charge in [0.15, 0.2) is 12.3 Å². The topological polar surface area (TPSA) is 232 Å². The number of benzene rings is 2. The van der Waals surface area contributed by atoms with Gasteiger partial charge in [0, 0.05) is 68.3 Å². The van der Waals surface area contributed by atoms with Crippen molar-refractivity contribution in [3.63, 3.8) is 0 Å². The molecule has 0 spiro atoms. The maximum atomic E-state index is 12.3.